The van der Waals surface area contributed by atoms with Gasteiger partial charge >= 0.3 is 0 Å². The first-order valence-corrected chi connectivity index (χ1v) is 7.79. The van der Waals surface area contributed by atoms with E-state index in [4.69, 9.17) is 0 Å². The summed E-state index contributed by atoms with van der Waals surface area (Å²) in [6, 6.07) is 12.4. The van der Waals surface area contributed by atoms with Gasteiger partial charge in [0.2, 0.25) is 5.43 Å². The third-order valence-corrected chi connectivity index (χ3v) is 3.75. The predicted octanol–water partition coefficient (Wildman–Crippen LogP) is 2.84. The Labute approximate surface area is 152 Å². The molecular formula is C18H13FN4O4. The summed E-state index contributed by atoms with van der Waals surface area (Å²) >= 11 is 0. The van der Waals surface area contributed by atoms with Crippen LogP contribution >= 0.6 is 0 Å². The summed E-state index contributed by atoms with van der Waals surface area (Å²) in [7, 11) is 0. The zero-order chi connectivity index (χ0) is 19.6. The van der Waals surface area contributed by atoms with Gasteiger partial charge in [-0.2, -0.15) is 5.10 Å². The summed E-state index contributed by atoms with van der Waals surface area (Å²) in [5, 5.41) is 17.5. The van der Waals surface area contributed by atoms with E-state index in [1.54, 1.807) is 6.07 Å². The average Bonchev–Trinajstić information content (AvgIpc) is 2.63. The number of rotatable bonds is 4. The topological polar surface area (TPSA) is 107 Å². The Morgan fingerprint density at radius 2 is 1.85 bits per heavy atom. The van der Waals surface area contributed by atoms with Gasteiger partial charge in [-0.25, -0.2) is 9.07 Å². The molecule has 0 saturated heterocycles. The smallest absolute Gasteiger partial charge is 0.294 e. The minimum Gasteiger partial charge on any atom is -0.318 e. The van der Waals surface area contributed by atoms with Crippen LogP contribution < -0.4 is 10.7 Å². The van der Waals surface area contributed by atoms with E-state index in [2.05, 4.69) is 10.4 Å². The number of para-hydroxylation sites is 3. The lowest BCUT2D eigenvalue weighted by Crippen LogP contribution is -2.27. The maximum atomic E-state index is 13.7. The molecule has 3 rings (SSSR count). The Hall–Kier alpha value is -3.88. The summed E-state index contributed by atoms with van der Waals surface area (Å²) in [6.45, 7) is 1.53. The number of nitro benzene ring substituents is 1. The number of hydrogen-bond donors (Lipinski definition) is 1. The maximum absolute atomic E-state index is 13.7. The molecule has 2 aromatic carbocycles. The monoisotopic (exact) mass is 368 g/mol. The van der Waals surface area contributed by atoms with E-state index in [-0.39, 0.29) is 17.1 Å². The van der Waals surface area contributed by atoms with Crippen LogP contribution in [0.15, 0.2) is 59.4 Å². The molecule has 0 unspecified atom stereocenters. The van der Waals surface area contributed by atoms with Gasteiger partial charge in [0.25, 0.3) is 11.6 Å². The number of nitrogens with zero attached hydrogens (tertiary/aromatic N) is 3. The second kappa shape index (κ2) is 7.16. The number of anilines is 1. The van der Waals surface area contributed by atoms with Gasteiger partial charge in [-0.3, -0.25) is 19.7 Å². The Kier molecular flexibility index (Phi) is 4.75. The summed E-state index contributed by atoms with van der Waals surface area (Å²) in [4.78, 5) is 35.3. The predicted molar refractivity (Wildman–Crippen MR) is 95.6 cm³/mol. The first-order chi connectivity index (χ1) is 12.9. The number of aryl methyl sites for hydroxylation is 1. The molecule has 1 aromatic heterocycles. The number of hydrogen-bond acceptors (Lipinski definition) is 5. The van der Waals surface area contributed by atoms with Crippen LogP contribution in [0.1, 0.15) is 16.2 Å². The number of nitro groups is 1. The maximum Gasteiger partial charge on any atom is 0.294 e. The number of benzene rings is 2. The number of aromatic nitrogens is 2. The molecule has 1 heterocycles. The summed E-state index contributed by atoms with van der Waals surface area (Å²) in [5.74, 6) is -1.59. The molecule has 0 radical (unpaired) electrons. The van der Waals surface area contributed by atoms with Crippen molar-refractivity contribution in [3.63, 3.8) is 0 Å². The van der Waals surface area contributed by atoms with E-state index in [1.807, 2.05) is 0 Å². The lowest BCUT2D eigenvalue weighted by atomic mass is 10.2. The minimum absolute atomic E-state index is 0.0972. The van der Waals surface area contributed by atoms with Crippen LogP contribution in [0.25, 0.3) is 5.69 Å². The molecule has 0 bridgehead atoms. The molecule has 9 heteroatoms. The fraction of sp³-hybridized carbons (Fsp3) is 0.0556. The van der Waals surface area contributed by atoms with E-state index in [9.17, 15) is 24.1 Å². The third-order valence-electron chi connectivity index (χ3n) is 3.75. The van der Waals surface area contributed by atoms with Gasteiger partial charge < -0.3 is 5.32 Å². The second-order valence-electron chi connectivity index (χ2n) is 5.59. The number of amides is 1. The van der Waals surface area contributed by atoms with E-state index < -0.39 is 27.8 Å². The molecule has 1 N–H and O–H groups in total. The van der Waals surface area contributed by atoms with E-state index in [0.29, 0.717) is 5.69 Å². The number of halogens is 1. The highest BCUT2D eigenvalue weighted by Crippen LogP contribution is 2.22. The molecule has 1 amide bonds. The van der Waals surface area contributed by atoms with Crippen molar-refractivity contribution >= 4 is 17.3 Å². The SMILES string of the molecule is Cc1cc(=O)c(C(=O)Nc2ccccc2F)nn1-c1ccccc1[N+](=O)[O-]. The quantitative estimate of drug-likeness (QED) is 0.563. The highest BCUT2D eigenvalue weighted by Gasteiger charge is 2.20. The molecule has 0 saturated carbocycles. The van der Waals surface area contributed by atoms with Crippen LogP contribution in [0.3, 0.4) is 0 Å². The first kappa shape index (κ1) is 17.9. The van der Waals surface area contributed by atoms with Crippen LogP contribution in [-0.2, 0) is 0 Å². The number of carbonyl (C=O) groups excluding carboxylic acids is 1. The summed E-state index contributed by atoms with van der Waals surface area (Å²) in [6.07, 6.45) is 0. The number of carbonyl (C=O) groups is 1. The molecule has 0 spiro atoms. The van der Waals surface area contributed by atoms with Gasteiger partial charge in [0.1, 0.15) is 11.5 Å². The van der Waals surface area contributed by atoms with Crippen LogP contribution in [-0.4, -0.2) is 20.6 Å². The molecule has 3 aromatic rings. The van der Waals surface area contributed by atoms with Crippen molar-refractivity contribution in [2.45, 2.75) is 6.92 Å². The Morgan fingerprint density at radius 1 is 1.19 bits per heavy atom. The van der Waals surface area contributed by atoms with Gasteiger partial charge in [0.15, 0.2) is 5.69 Å². The third kappa shape index (κ3) is 3.56. The molecule has 136 valence electrons. The van der Waals surface area contributed by atoms with Gasteiger partial charge in [0.05, 0.1) is 10.6 Å². The summed E-state index contributed by atoms with van der Waals surface area (Å²) in [5.41, 5.74) is -1.14. The fourth-order valence-corrected chi connectivity index (χ4v) is 2.49. The summed E-state index contributed by atoms with van der Waals surface area (Å²) < 4.78 is 14.9. The molecule has 0 aliphatic carbocycles. The molecule has 0 aliphatic rings. The lowest BCUT2D eigenvalue weighted by molar-refractivity contribution is -0.384. The minimum atomic E-state index is -0.919. The van der Waals surface area contributed by atoms with Crippen LogP contribution in [0.2, 0.25) is 0 Å². The molecule has 8 nitrogen and oxygen atoms in total. The highest BCUT2D eigenvalue weighted by molar-refractivity contribution is 6.02. The van der Waals surface area contributed by atoms with Crippen molar-refractivity contribution in [2.24, 2.45) is 0 Å². The van der Waals surface area contributed by atoms with Crippen molar-refractivity contribution in [1.82, 2.24) is 9.78 Å². The van der Waals surface area contributed by atoms with Crippen LogP contribution in [0.4, 0.5) is 15.8 Å². The van der Waals surface area contributed by atoms with Gasteiger partial charge in [-0.15, -0.1) is 0 Å². The van der Waals surface area contributed by atoms with Crippen LogP contribution in [0.5, 0.6) is 0 Å². The van der Waals surface area contributed by atoms with Crippen molar-refractivity contribution in [1.29, 1.82) is 0 Å². The lowest BCUT2D eigenvalue weighted by Gasteiger charge is -2.11. The van der Waals surface area contributed by atoms with E-state index in [0.717, 1.165) is 16.8 Å². The molecule has 27 heavy (non-hydrogen) atoms. The zero-order valence-corrected chi connectivity index (χ0v) is 14.0. The first-order valence-electron chi connectivity index (χ1n) is 7.79. The van der Waals surface area contributed by atoms with E-state index >= 15 is 0 Å². The Bertz CT molecular complexity index is 1110. The van der Waals surface area contributed by atoms with Crippen molar-refractivity contribution in [2.75, 3.05) is 5.32 Å². The van der Waals surface area contributed by atoms with Crippen molar-refractivity contribution in [3.05, 3.63) is 92.1 Å². The fourth-order valence-electron chi connectivity index (χ4n) is 2.49. The normalized spacial score (nSPS) is 10.4. The highest BCUT2D eigenvalue weighted by atomic mass is 19.1. The average molecular weight is 368 g/mol. The molecule has 0 fully saturated rings. The zero-order valence-electron chi connectivity index (χ0n) is 14.0. The van der Waals surface area contributed by atoms with Gasteiger partial charge in [0, 0.05) is 17.8 Å². The largest absolute Gasteiger partial charge is 0.318 e. The second-order valence-corrected chi connectivity index (χ2v) is 5.59. The van der Waals surface area contributed by atoms with Crippen molar-refractivity contribution < 1.29 is 14.1 Å². The van der Waals surface area contributed by atoms with Gasteiger partial charge in [-0.1, -0.05) is 24.3 Å². The Morgan fingerprint density at radius 3 is 2.56 bits per heavy atom. The van der Waals surface area contributed by atoms with E-state index in [1.165, 1.54) is 43.3 Å². The molecule has 0 atom stereocenters. The van der Waals surface area contributed by atoms with Gasteiger partial charge in [-0.05, 0) is 25.1 Å². The Balaban J connectivity index is 2.08. The molecular weight excluding hydrogens is 355 g/mol. The van der Waals surface area contributed by atoms with Crippen LogP contribution in [0, 0.1) is 22.9 Å². The van der Waals surface area contributed by atoms with Crippen molar-refractivity contribution in [3.8, 4) is 5.69 Å². The number of nitrogens with one attached hydrogen (secondary N) is 1. The molecule has 0 aliphatic heterocycles. The standard InChI is InChI=1S/C18H13FN4O4/c1-11-10-16(24)17(18(25)20-13-7-3-2-6-12(13)19)21-22(11)14-8-4-5-9-15(14)23(26)27/h2-10H,1H3,(H,20,25).